The molecule has 0 spiro atoms. The maximum atomic E-state index is 3.77. The topological polar surface area (TPSA) is 12.0 Å². The maximum absolute atomic E-state index is 3.77. The van der Waals surface area contributed by atoms with Gasteiger partial charge in [0.2, 0.25) is 0 Å². The van der Waals surface area contributed by atoms with Gasteiger partial charge < -0.3 is 5.32 Å². The molecule has 1 N–H and O–H groups in total. The second kappa shape index (κ2) is 5.10. The van der Waals surface area contributed by atoms with Crippen LogP contribution in [0.3, 0.4) is 0 Å². The van der Waals surface area contributed by atoms with E-state index in [9.17, 15) is 0 Å². The molecule has 0 aliphatic carbocycles. The molecule has 0 saturated carbocycles. The average molecular weight is 114 g/mol. The third-order valence-corrected chi connectivity index (χ3v) is 1.19. The summed E-state index contributed by atoms with van der Waals surface area (Å²) in [5.74, 6) is 0. The van der Waals surface area contributed by atoms with E-state index in [1.54, 1.807) is 0 Å². The van der Waals surface area contributed by atoms with Crippen molar-refractivity contribution in [1.82, 2.24) is 5.32 Å². The Kier molecular flexibility index (Phi) is 5.08. The summed E-state index contributed by atoms with van der Waals surface area (Å²) in [6.45, 7) is 9.15. The van der Waals surface area contributed by atoms with Crippen LogP contribution in [0.15, 0.2) is 0 Å². The van der Waals surface area contributed by atoms with Crippen LogP contribution in [-0.4, -0.2) is 12.6 Å². The van der Waals surface area contributed by atoms with E-state index in [1.807, 2.05) is 0 Å². The van der Waals surface area contributed by atoms with E-state index in [1.165, 1.54) is 6.42 Å². The van der Waals surface area contributed by atoms with Gasteiger partial charge in [-0.15, -0.1) is 0 Å². The van der Waals surface area contributed by atoms with E-state index in [-0.39, 0.29) is 0 Å². The quantitative estimate of drug-likeness (QED) is 0.585. The Morgan fingerprint density at radius 2 is 2.25 bits per heavy atom. The Morgan fingerprint density at radius 1 is 1.62 bits per heavy atom. The Balaban J connectivity index is 2.92. The first kappa shape index (κ1) is 7.96. The Bertz CT molecular complexity index is 37.7. The Labute approximate surface area is 52.5 Å². The van der Waals surface area contributed by atoms with Crippen molar-refractivity contribution in [3.8, 4) is 0 Å². The summed E-state index contributed by atoms with van der Waals surface area (Å²) in [5.41, 5.74) is 0. The van der Waals surface area contributed by atoms with Crippen molar-refractivity contribution in [2.75, 3.05) is 6.54 Å². The van der Waals surface area contributed by atoms with E-state index in [0.717, 1.165) is 13.0 Å². The van der Waals surface area contributed by atoms with Crippen molar-refractivity contribution in [2.24, 2.45) is 0 Å². The van der Waals surface area contributed by atoms with Crippen molar-refractivity contribution >= 4 is 0 Å². The van der Waals surface area contributed by atoms with E-state index in [4.69, 9.17) is 0 Å². The first-order chi connectivity index (χ1) is 3.81. The number of hydrogen-bond donors (Lipinski definition) is 1. The van der Waals surface area contributed by atoms with Gasteiger partial charge in [-0.2, -0.15) is 0 Å². The van der Waals surface area contributed by atoms with Gasteiger partial charge in [0.25, 0.3) is 0 Å². The summed E-state index contributed by atoms with van der Waals surface area (Å²) >= 11 is 0. The lowest BCUT2D eigenvalue weighted by Crippen LogP contribution is -2.24. The van der Waals surface area contributed by atoms with Gasteiger partial charge in [-0.05, 0) is 19.9 Å². The highest BCUT2D eigenvalue weighted by molar-refractivity contribution is 4.58. The summed E-state index contributed by atoms with van der Waals surface area (Å²) < 4.78 is 0. The second-order valence-electron chi connectivity index (χ2n) is 2.10. The van der Waals surface area contributed by atoms with Gasteiger partial charge >= 0.3 is 0 Å². The van der Waals surface area contributed by atoms with Gasteiger partial charge in [0, 0.05) is 6.04 Å². The van der Waals surface area contributed by atoms with Gasteiger partial charge in [-0.1, -0.05) is 20.3 Å². The van der Waals surface area contributed by atoms with Crippen molar-refractivity contribution in [2.45, 2.75) is 32.7 Å². The minimum absolute atomic E-state index is 0.650. The van der Waals surface area contributed by atoms with Crippen LogP contribution in [0.2, 0.25) is 0 Å². The summed E-state index contributed by atoms with van der Waals surface area (Å²) in [5, 5.41) is 3.31. The fraction of sp³-hybridized carbons (Fsp3) is 0.857. The molecule has 0 heterocycles. The summed E-state index contributed by atoms with van der Waals surface area (Å²) in [6, 6.07) is 0.650. The van der Waals surface area contributed by atoms with Gasteiger partial charge in [0.1, 0.15) is 0 Å². The lowest BCUT2D eigenvalue weighted by atomic mass is 10.2. The monoisotopic (exact) mass is 114 g/mol. The van der Waals surface area contributed by atoms with Crippen molar-refractivity contribution in [1.29, 1.82) is 0 Å². The summed E-state index contributed by atoms with van der Waals surface area (Å²) in [6.07, 6.45) is 2.22. The molecule has 49 valence electrons. The molecule has 1 radical (unpaired) electrons. The molecule has 0 aromatic rings. The minimum atomic E-state index is 0.650. The Hall–Kier alpha value is -0.0400. The van der Waals surface area contributed by atoms with Crippen molar-refractivity contribution in [3.63, 3.8) is 0 Å². The Morgan fingerprint density at radius 3 is 2.62 bits per heavy atom. The standard InChI is InChI=1S/C7H16N/c1-4-6-7(3)8-5-2/h7-8H,1,4-6H2,2-3H3. The molecule has 1 atom stereocenters. The predicted molar refractivity (Wildman–Crippen MR) is 37.7 cm³/mol. The molecule has 0 aromatic carbocycles. The van der Waals surface area contributed by atoms with Crippen LogP contribution in [0.25, 0.3) is 0 Å². The molecule has 1 nitrogen and oxygen atoms in total. The van der Waals surface area contributed by atoms with Crippen LogP contribution in [-0.2, 0) is 0 Å². The molecule has 1 heteroatoms. The normalized spacial score (nSPS) is 13.9. The molecule has 0 aromatic heterocycles. The molecule has 0 rings (SSSR count). The highest BCUT2D eigenvalue weighted by Crippen LogP contribution is 1.92. The molecule has 1 unspecified atom stereocenters. The zero-order valence-corrected chi connectivity index (χ0v) is 5.91. The molecular formula is C7H16N. The first-order valence-corrected chi connectivity index (χ1v) is 3.33. The highest BCUT2D eigenvalue weighted by atomic mass is 14.9. The second-order valence-corrected chi connectivity index (χ2v) is 2.10. The fourth-order valence-electron chi connectivity index (χ4n) is 0.757. The molecule has 0 fully saturated rings. The van der Waals surface area contributed by atoms with E-state index in [0.29, 0.717) is 6.04 Å². The molecule has 8 heavy (non-hydrogen) atoms. The fourth-order valence-corrected chi connectivity index (χ4v) is 0.757. The number of nitrogens with one attached hydrogen (secondary N) is 1. The van der Waals surface area contributed by atoms with Crippen molar-refractivity contribution < 1.29 is 0 Å². The largest absolute Gasteiger partial charge is 0.315 e. The third-order valence-electron chi connectivity index (χ3n) is 1.19. The molecule has 0 amide bonds. The highest BCUT2D eigenvalue weighted by Gasteiger charge is 1.93. The van der Waals surface area contributed by atoms with Crippen LogP contribution >= 0.6 is 0 Å². The first-order valence-electron chi connectivity index (χ1n) is 3.33. The lowest BCUT2D eigenvalue weighted by Gasteiger charge is -2.08. The predicted octanol–water partition coefficient (Wildman–Crippen LogP) is 1.60. The molecule has 0 saturated heterocycles. The van der Waals surface area contributed by atoms with Gasteiger partial charge in [0.15, 0.2) is 0 Å². The van der Waals surface area contributed by atoms with Gasteiger partial charge in [0.05, 0.1) is 0 Å². The zero-order chi connectivity index (χ0) is 6.41. The summed E-state index contributed by atoms with van der Waals surface area (Å²) in [7, 11) is 0. The SMILES string of the molecule is [CH2]CCC(C)NCC. The van der Waals surface area contributed by atoms with Gasteiger partial charge in [-0.25, -0.2) is 0 Å². The average Bonchev–Trinajstić information content (AvgIpc) is 1.68. The zero-order valence-electron chi connectivity index (χ0n) is 5.91. The lowest BCUT2D eigenvalue weighted by molar-refractivity contribution is 0.534. The van der Waals surface area contributed by atoms with E-state index < -0.39 is 0 Å². The molecule has 0 aliphatic heterocycles. The smallest absolute Gasteiger partial charge is 0.00386 e. The number of rotatable bonds is 4. The third kappa shape index (κ3) is 4.13. The van der Waals surface area contributed by atoms with Crippen LogP contribution in [0.5, 0.6) is 0 Å². The maximum Gasteiger partial charge on any atom is 0.00386 e. The molecule has 0 aliphatic rings. The van der Waals surface area contributed by atoms with Crippen LogP contribution in [0.1, 0.15) is 26.7 Å². The van der Waals surface area contributed by atoms with Crippen molar-refractivity contribution in [3.05, 3.63) is 6.92 Å². The minimum Gasteiger partial charge on any atom is -0.315 e. The van der Waals surface area contributed by atoms with Gasteiger partial charge in [-0.3, -0.25) is 0 Å². The van der Waals surface area contributed by atoms with E-state index in [2.05, 4.69) is 26.1 Å². The summed E-state index contributed by atoms with van der Waals surface area (Å²) in [4.78, 5) is 0. The number of hydrogen-bond acceptors (Lipinski definition) is 1. The van der Waals surface area contributed by atoms with Crippen LogP contribution < -0.4 is 5.32 Å². The molecular weight excluding hydrogens is 98.1 g/mol. The molecule has 0 bridgehead atoms. The van der Waals surface area contributed by atoms with E-state index >= 15 is 0 Å². The van der Waals surface area contributed by atoms with Crippen LogP contribution in [0.4, 0.5) is 0 Å². The van der Waals surface area contributed by atoms with Crippen LogP contribution in [0, 0.1) is 6.92 Å².